The first-order valence-electron chi connectivity index (χ1n) is 6.41. The van der Waals surface area contributed by atoms with Crippen molar-refractivity contribution in [2.75, 3.05) is 6.54 Å². The topological polar surface area (TPSA) is 60.2 Å². The van der Waals surface area contributed by atoms with Gasteiger partial charge in [0.25, 0.3) is 0 Å². The van der Waals surface area contributed by atoms with Crippen molar-refractivity contribution in [2.24, 2.45) is 5.73 Å². The summed E-state index contributed by atoms with van der Waals surface area (Å²) >= 11 is 11.9. The summed E-state index contributed by atoms with van der Waals surface area (Å²) in [7, 11) is -3.67. The molecule has 2 N–H and O–H groups in total. The first kappa shape index (κ1) is 16.3. The van der Waals surface area contributed by atoms with Crippen molar-refractivity contribution in [3.63, 3.8) is 0 Å². The highest BCUT2D eigenvalue weighted by atomic mass is 35.5. The van der Waals surface area contributed by atoms with Crippen molar-refractivity contribution in [3.8, 4) is 0 Å². The van der Waals surface area contributed by atoms with Crippen molar-refractivity contribution in [1.82, 2.24) is 0 Å². The van der Waals surface area contributed by atoms with Gasteiger partial charge in [-0.3, -0.25) is 0 Å². The Morgan fingerprint density at radius 2 is 1.71 bits per heavy atom. The van der Waals surface area contributed by atoms with Crippen LogP contribution in [-0.2, 0) is 9.84 Å². The lowest BCUT2D eigenvalue weighted by atomic mass is 10.1. The largest absolute Gasteiger partial charge is 0.330 e. The van der Waals surface area contributed by atoms with E-state index >= 15 is 0 Å². The third-order valence-electron chi connectivity index (χ3n) is 3.17. The van der Waals surface area contributed by atoms with Crippen molar-refractivity contribution >= 4 is 33.0 Å². The number of halogens is 2. The van der Waals surface area contributed by atoms with Crippen LogP contribution < -0.4 is 5.73 Å². The Kier molecular flexibility index (Phi) is 5.27. The molecule has 0 radical (unpaired) electrons. The Morgan fingerprint density at radius 1 is 1.05 bits per heavy atom. The van der Waals surface area contributed by atoms with Gasteiger partial charge in [-0.2, -0.15) is 0 Å². The van der Waals surface area contributed by atoms with E-state index in [4.69, 9.17) is 28.9 Å². The molecule has 0 fully saturated rings. The lowest BCUT2D eigenvalue weighted by Crippen LogP contribution is -2.18. The standard InChI is InChI=1S/C15H15Cl2NO2S/c16-12-6-7-13(17)15(10-12)21(19,20)14(8-9-18)11-4-2-1-3-5-11/h1-7,10,14H,8-9,18H2. The van der Waals surface area contributed by atoms with Crippen LogP contribution in [0.4, 0.5) is 0 Å². The Hall–Kier alpha value is -1.07. The molecule has 0 amide bonds. The predicted octanol–water partition coefficient (Wildman–Crippen LogP) is 3.86. The molecule has 1 unspecified atom stereocenters. The Morgan fingerprint density at radius 3 is 2.33 bits per heavy atom. The van der Waals surface area contributed by atoms with E-state index in [-0.39, 0.29) is 16.5 Å². The first-order valence-corrected chi connectivity index (χ1v) is 8.71. The SMILES string of the molecule is NCCC(c1ccccc1)S(=O)(=O)c1cc(Cl)ccc1Cl. The summed E-state index contributed by atoms with van der Waals surface area (Å²) in [6.45, 7) is 0.261. The minimum Gasteiger partial charge on any atom is -0.330 e. The molecule has 0 bridgehead atoms. The molecule has 21 heavy (non-hydrogen) atoms. The van der Waals surface area contributed by atoms with Crippen LogP contribution in [-0.4, -0.2) is 15.0 Å². The van der Waals surface area contributed by atoms with Crippen LogP contribution in [0.2, 0.25) is 10.0 Å². The van der Waals surface area contributed by atoms with Gasteiger partial charge in [0.1, 0.15) is 0 Å². The van der Waals surface area contributed by atoms with E-state index in [2.05, 4.69) is 0 Å². The van der Waals surface area contributed by atoms with Crippen LogP contribution in [0.1, 0.15) is 17.2 Å². The number of benzene rings is 2. The number of sulfone groups is 1. The third-order valence-corrected chi connectivity index (χ3v) is 6.06. The molecular formula is C15H15Cl2NO2S. The van der Waals surface area contributed by atoms with Gasteiger partial charge >= 0.3 is 0 Å². The van der Waals surface area contributed by atoms with Crippen molar-refractivity contribution in [3.05, 3.63) is 64.1 Å². The summed E-state index contributed by atoms with van der Waals surface area (Å²) in [6.07, 6.45) is 0.315. The summed E-state index contributed by atoms with van der Waals surface area (Å²) in [5.41, 5.74) is 6.28. The van der Waals surface area contributed by atoms with Gasteiger partial charge in [0.05, 0.1) is 15.2 Å². The molecule has 0 aliphatic carbocycles. The Balaban J connectivity index is 2.55. The highest BCUT2D eigenvalue weighted by Crippen LogP contribution is 2.36. The summed E-state index contributed by atoms with van der Waals surface area (Å²) in [5, 5.41) is -0.241. The summed E-state index contributed by atoms with van der Waals surface area (Å²) < 4.78 is 25.8. The predicted molar refractivity (Wildman–Crippen MR) is 86.5 cm³/mol. The molecule has 3 nitrogen and oxygen atoms in total. The number of hydrogen-bond acceptors (Lipinski definition) is 3. The molecule has 2 aromatic rings. The molecule has 0 saturated carbocycles. The van der Waals surface area contributed by atoms with Crippen LogP contribution >= 0.6 is 23.2 Å². The van der Waals surface area contributed by atoms with Crippen LogP contribution in [0.5, 0.6) is 0 Å². The highest BCUT2D eigenvalue weighted by Gasteiger charge is 2.30. The molecule has 2 rings (SSSR count). The molecule has 112 valence electrons. The van der Waals surface area contributed by atoms with E-state index in [0.717, 1.165) is 0 Å². The van der Waals surface area contributed by atoms with E-state index in [0.29, 0.717) is 17.0 Å². The van der Waals surface area contributed by atoms with E-state index < -0.39 is 15.1 Å². The minimum atomic E-state index is -3.67. The fourth-order valence-corrected chi connectivity index (χ4v) is 4.74. The maximum absolute atomic E-state index is 12.9. The molecule has 2 aromatic carbocycles. The highest BCUT2D eigenvalue weighted by molar-refractivity contribution is 7.91. The Labute approximate surface area is 134 Å². The first-order chi connectivity index (χ1) is 9.96. The van der Waals surface area contributed by atoms with Gasteiger partial charge in [-0.15, -0.1) is 0 Å². The average molecular weight is 344 g/mol. The summed E-state index contributed by atoms with van der Waals surface area (Å²) in [5.74, 6) is 0. The molecular weight excluding hydrogens is 329 g/mol. The summed E-state index contributed by atoms with van der Waals surface area (Å²) in [6, 6.07) is 13.4. The van der Waals surface area contributed by atoms with Crippen LogP contribution in [0.15, 0.2) is 53.4 Å². The zero-order chi connectivity index (χ0) is 15.5. The van der Waals surface area contributed by atoms with Gasteiger partial charge in [-0.1, -0.05) is 53.5 Å². The second-order valence-electron chi connectivity index (χ2n) is 4.60. The average Bonchev–Trinajstić information content (AvgIpc) is 2.48. The molecule has 1 atom stereocenters. The molecule has 0 spiro atoms. The normalized spacial score (nSPS) is 13.1. The van der Waals surface area contributed by atoms with Gasteiger partial charge in [0.2, 0.25) is 0 Å². The molecule has 6 heteroatoms. The molecule has 0 aromatic heterocycles. The monoisotopic (exact) mass is 343 g/mol. The van der Waals surface area contributed by atoms with Gasteiger partial charge in [-0.25, -0.2) is 8.42 Å². The Bertz CT molecular complexity index is 718. The quantitative estimate of drug-likeness (QED) is 0.896. The smallest absolute Gasteiger partial charge is 0.186 e. The van der Waals surface area contributed by atoms with Gasteiger partial charge in [0, 0.05) is 5.02 Å². The maximum Gasteiger partial charge on any atom is 0.186 e. The van der Waals surface area contributed by atoms with Gasteiger partial charge in [0.15, 0.2) is 9.84 Å². The number of rotatable bonds is 5. The maximum atomic E-state index is 12.9. The number of hydrogen-bond donors (Lipinski definition) is 1. The molecule has 0 saturated heterocycles. The van der Waals surface area contributed by atoms with Gasteiger partial charge in [-0.05, 0) is 36.7 Å². The van der Waals surface area contributed by atoms with Crippen molar-refractivity contribution < 1.29 is 8.42 Å². The fraction of sp³-hybridized carbons (Fsp3) is 0.200. The van der Waals surface area contributed by atoms with E-state index in [1.54, 1.807) is 30.3 Å². The second-order valence-corrected chi connectivity index (χ2v) is 7.54. The molecule has 0 aliphatic heterocycles. The zero-order valence-corrected chi connectivity index (χ0v) is 13.5. The van der Waals surface area contributed by atoms with E-state index in [9.17, 15) is 8.42 Å². The third kappa shape index (κ3) is 3.58. The van der Waals surface area contributed by atoms with Crippen molar-refractivity contribution in [2.45, 2.75) is 16.6 Å². The lowest BCUT2D eigenvalue weighted by Gasteiger charge is -2.18. The van der Waals surface area contributed by atoms with Crippen LogP contribution in [0, 0.1) is 0 Å². The van der Waals surface area contributed by atoms with Crippen LogP contribution in [0.25, 0.3) is 0 Å². The molecule has 0 heterocycles. The van der Waals surface area contributed by atoms with E-state index in [1.165, 1.54) is 12.1 Å². The fourth-order valence-electron chi connectivity index (χ4n) is 2.17. The lowest BCUT2D eigenvalue weighted by molar-refractivity contribution is 0.576. The van der Waals surface area contributed by atoms with Gasteiger partial charge < -0.3 is 5.73 Å². The molecule has 0 aliphatic rings. The zero-order valence-electron chi connectivity index (χ0n) is 11.2. The minimum absolute atomic E-state index is 0.0407. The van der Waals surface area contributed by atoms with E-state index in [1.807, 2.05) is 6.07 Å². The van der Waals surface area contributed by atoms with Crippen molar-refractivity contribution in [1.29, 1.82) is 0 Å². The second kappa shape index (κ2) is 6.79. The summed E-state index contributed by atoms with van der Waals surface area (Å²) in [4.78, 5) is 0.0407. The number of nitrogens with two attached hydrogens (primary N) is 1. The van der Waals surface area contributed by atoms with Crippen LogP contribution in [0.3, 0.4) is 0 Å².